The number of alkyl halides is 3. The molecule has 0 bridgehead atoms. The van der Waals surface area contributed by atoms with Crippen molar-refractivity contribution in [1.82, 2.24) is 0 Å². The van der Waals surface area contributed by atoms with Gasteiger partial charge >= 0.3 is 12.1 Å². The Balaban J connectivity index is 4.57. The van der Waals surface area contributed by atoms with E-state index in [1.165, 1.54) is 13.8 Å². The topological polar surface area (TPSA) is 61.5 Å². The summed E-state index contributed by atoms with van der Waals surface area (Å²) in [4.78, 5) is 11.1. The van der Waals surface area contributed by atoms with Gasteiger partial charge in [0.1, 0.15) is 6.04 Å². The Bertz CT molecular complexity index is 208. The van der Waals surface area contributed by atoms with Gasteiger partial charge in [-0.05, 0) is 13.8 Å². The van der Waals surface area contributed by atoms with Crippen molar-refractivity contribution in [3.63, 3.8) is 0 Å². The van der Waals surface area contributed by atoms with Crippen molar-refractivity contribution in [2.24, 2.45) is 5.73 Å². The minimum atomic E-state index is -4.69. The highest BCUT2D eigenvalue weighted by Crippen LogP contribution is 2.22. The second kappa shape index (κ2) is 5.92. The zero-order valence-electron chi connectivity index (χ0n) is 8.50. The van der Waals surface area contributed by atoms with Gasteiger partial charge in [-0.25, -0.2) is 4.79 Å². The first-order valence-electron chi connectivity index (χ1n) is 4.45. The van der Waals surface area contributed by atoms with Gasteiger partial charge in [0.2, 0.25) is 0 Å². The molecule has 0 aliphatic heterocycles. The SMILES string of the molecule is CCOC(=O)[C@H](OCC)[C@@H](N)C(F)(F)F. The highest BCUT2D eigenvalue weighted by molar-refractivity contribution is 5.75. The van der Waals surface area contributed by atoms with Gasteiger partial charge < -0.3 is 15.2 Å². The van der Waals surface area contributed by atoms with E-state index in [1.54, 1.807) is 0 Å². The minimum Gasteiger partial charge on any atom is -0.464 e. The summed E-state index contributed by atoms with van der Waals surface area (Å²) in [6.07, 6.45) is -6.48. The lowest BCUT2D eigenvalue weighted by Crippen LogP contribution is -2.52. The second-order valence-electron chi connectivity index (χ2n) is 2.70. The monoisotopic (exact) mass is 229 g/mol. The van der Waals surface area contributed by atoms with Crippen LogP contribution in [0.1, 0.15) is 13.8 Å². The quantitative estimate of drug-likeness (QED) is 0.710. The molecule has 90 valence electrons. The first-order chi connectivity index (χ1) is 6.84. The smallest absolute Gasteiger partial charge is 0.406 e. The third-order valence-electron chi connectivity index (χ3n) is 1.57. The summed E-state index contributed by atoms with van der Waals surface area (Å²) in [7, 11) is 0. The van der Waals surface area contributed by atoms with Gasteiger partial charge in [-0.1, -0.05) is 0 Å². The number of esters is 1. The molecular formula is C8H14F3NO3. The van der Waals surface area contributed by atoms with Crippen molar-refractivity contribution >= 4 is 5.97 Å². The molecular weight excluding hydrogens is 215 g/mol. The molecule has 2 N–H and O–H groups in total. The molecule has 0 aliphatic carbocycles. The molecule has 4 nitrogen and oxygen atoms in total. The maximum absolute atomic E-state index is 12.2. The van der Waals surface area contributed by atoms with Gasteiger partial charge in [0.15, 0.2) is 6.10 Å². The van der Waals surface area contributed by atoms with Gasteiger partial charge in [-0.3, -0.25) is 0 Å². The highest BCUT2D eigenvalue weighted by atomic mass is 19.4. The molecule has 0 heterocycles. The Hall–Kier alpha value is -0.820. The molecule has 15 heavy (non-hydrogen) atoms. The molecule has 0 spiro atoms. The summed E-state index contributed by atoms with van der Waals surface area (Å²) < 4.78 is 45.7. The van der Waals surface area contributed by atoms with Gasteiger partial charge in [0, 0.05) is 6.61 Å². The average Bonchev–Trinajstić information content (AvgIpc) is 2.12. The number of ether oxygens (including phenoxy) is 2. The lowest BCUT2D eigenvalue weighted by atomic mass is 10.1. The third kappa shape index (κ3) is 4.48. The number of hydrogen-bond donors (Lipinski definition) is 1. The Morgan fingerprint density at radius 1 is 1.33 bits per heavy atom. The van der Waals surface area contributed by atoms with Crippen LogP contribution in [-0.2, 0) is 14.3 Å². The van der Waals surface area contributed by atoms with E-state index in [1.807, 2.05) is 0 Å². The van der Waals surface area contributed by atoms with Crippen LogP contribution < -0.4 is 5.73 Å². The maximum Gasteiger partial charge on any atom is 0.406 e. The predicted molar refractivity (Wildman–Crippen MR) is 46.1 cm³/mol. The largest absolute Gasteiger partial charge is 0.464 e. The Kier molecular flexibility index (Phi) is 5.59. The van der Waals surface area contributed by atoms with Crippen molar-refractivity contribution in [3.8, 4) is 0 Å². The van der Waals surface area contributed by atoms with E-state index in [2.05, 4.69) is 9.47 Å². The normalized spacial score (nSPS) is 15.9. The predicted octanol–water partition coefficient (Wildman–Crippen LogP) is 0.844. The number of rotatable bonds is 5. The van der Waals surface area contributed by atoms with E-state index in [0.29, 0.717) is 0 Å². The molecule has 0 rings (SSSR count). The third-order valence-corrected chi connectivity index (χ3v) is 1.57. The van der Waals surface area contributed by atoms with Crippen LogP contribution >= 0.6 is 0 Å². The summed E-state index contributed by atoms with van der Waals surface area (Å²) in [6, 6.07) is -2.36. The van der Waals surface area contributed by atoms with Crippen LogP contribution in [0.3, 0.4) is 0 Å². The van der Waals surface area contributed by atoms with E-state index in [9.17, 15) is 18.0 Å². The van der Waals surface area contributed by atoms with Crippen LogP contribution in [0.25, 0.3) is 0 Å². The standard InChI is InChI=1S/C8H14F3NO3/c1-3-14-5(7(13)15-4-2)6(12)8(9,10)11/h5-6H,3-4,12H2,1-2H3/t5-,6-/m1/s1. The molecule has 0 amide bonds. The first kappa shape index (κ1) is 14.2. The Morgan fingerprint density at radius 2 is 1.87 bits per heavy atom. The van der Waals surface area contributed by atoms with Crippen molar-refractivity contribution < 1.29 is 27.4 Å². The van der Waals surface area contributed by atoms with Crippen LogP contribution in [-0.4, -0.2) is 37.5 Å². The average molecular weight is 229 g/mol. The van der Waals surface area contributed by atoms with Gasteiger partial charge in [-0.15, -0.1) is 0 Å². The van der Waals surface area contributed by atoms with Crippen LogP contribution in [0.4, 0.5) is 13.2 Å². The van der Waals surface area contributed by atoms with E-state index < -0.39 is 24.3 Å². The van der Waals surface area contributed by atoms with E-state index in [-0.39, 0.29) is 13.2 Å². The molecule has 0 saturated carbocycles. The fraction of sp³-hybridized carbons (Fsp3) is 0.875. The van der Waals surface area contributed by atoms with Gasteiger partial charge in [-0.2, -0.15) is 13.2 Å². The summed E-state index contributed by atoms with van der Waals surface area (Å²) in [5.41, 5.74) is 4.86. The molecule has 0 aromatic rings. The van der Waals surface area contributed by atoms with Crippen molar-refractivity contribution in [1.29, 1.82) is 0 Å². The molecule has 0 aromatic heterocycles. The van der Waals surface area contributed by atoms with Crippen LogP contribution in [0.2, 0.25) is 0 Å². The van der Waals surface area contributed by atoms with Gasteiger partial charge in [0.25, 0.3) is 0 Å². The lowest BCUT2D eigenvalue weighted by molar-refractivity contribution is -0.192. The zero-order chi connectivity index (χ0) is 12.1. The molecule has 0 fully saturated rings. The lowest BCUT2D eigenvalue weighted by Gasteiger charge is -2.23. The number of carbonyl (C=O) groups excluding carboxylic acids is 1. The maximum atomic E-state index is 12.2. The minimum absolute atomic E-state index is 0.0208. The summed E-state index contributed by atoms with van der Waals surface area (Å²) >= 11 is 0. The van der Waals surface area contributed by atoms with Crippen molar-refractivity contribution in [2.45, 2.75) is 32.2 Å². The molecule has 2 atom stereocenters. The number of carbonyl (C=O) groups is 1. The van der Waals surface area contributed by atoms with Crippen LogP contribution in [0.5, 0.6) is 0 Å². The fourth-order valence-corrected chi connectivity index (χ4v) is 0.894. The molecule has 7 heteroatoms. The molecule has 0 aromatic carbocycles. The number of halogens is 3. The first-order valence-corrected chi connectivity index (χ1v) is 4.45. The summed E-state index contributed by atoms with van der Waals surface area (Å²) in [5, 5.41) is 0. The Morgan fingerprint density at radius 3 is 2.20 bits per heavy atom. The van der Waals surface area contributed by atoms with E-state index >= 15 is 0 Å². The van der Waals surface area contributed by atoms with E-state index in [4.69, 9.17) is 5.73 Å². The molecule has 0 aliphatic rings. The molecule has 0 unspecified atom stereocenters. The molecule has 0 saturated heterocycles. The van der Waals surface area contributed by atoms with E-state index in [0.717, 1.165) is 0 Å². The van der Waals surface area contributed by atoms with Crippen LogP contribution in [0.15, 0.2) is 0 Å². The van der Waals surface area contributed by atoms with Gasteiger partial charge in [0.05, 0.1) is 6.61 Å². The Labute approximate surface area is 85.5 Å². The number of hydrogen-bond acceptors (Lipinski definition) is 4. The summed E-state index contributed by atoms with van der Waals surface area (Å²) in [6.45, 7) is 2.88. The molecule has 0 radical (unpaired) electrons. The fourth-order valence-electron chi connectivity index (χ4n) is 0.894. The zero-order valence-corrected chi connectivity index (χ0v) is 8.50. The second-order valence-corrected chi connectivity index (χ2v) is 2.70. The van der Waals surface area contributed by atoms with Crippen molar-refractivity contribution in [2.75, 3.05) is 13.2 Å². The van der Waals surface area contributed by atoms with Crippen LogP contribution in [0, 0.1) is 0 Å². The number of nitrogens with two attached hydrogens (primary N) is 1. The summed E-state index contributed by atoms with van der Waals surface area (Å²) in [5.74, 6) is -1.09. The van der Waals surface area contributed by atoms with Crippen molar-refractivity contribution in [3.05, 3.63) is 0 Å². The highest BCUT2D eigenvalue weighted by Gasteiger charge is 2.46.